The molecule has 0 saturated heterocycles. The van der Waals surface area contributed by atoms with Crippen molar-refractivity contribution < 1.29 is 37.5 Å². The second kappa shape index (κ2) is 10.2. The van der Waals surface area contributed by atoms with E-state index in [0.717, 1.165) is 16.3 Å². The number of esters is 1. The van der Waals surface area contributed by atoms with Gasteiger partial charge in [0.2, 0.25) is 11.4 Å². The largest absolute Gasteiger partial charge is 0.457 e. The van der Waals surface area contributed by atoms with Gasteiger partial charge in [0.15, 0.2) is 5.67 Å². The second-order valence-corrected chi connectivity index (χ2v) is 13.6. The number of furan rings is 1. The topological polar surface area (TPSA) is 107 Å². The van der Waals surface area contributed by atoms with Crippen molar-refractivity contribution in [2.75, 3.05) is 14.2 Å². The molecule has 0 radical (unpaired) electrons. The molecule has 7 rings (SSSR count). The highest BCUT2D eigenvalue weighted by Crippen LogP contribution is 2.71. The van der Waals surface area contributed by atoms with E-state index in [0.29, 0.717) is 5.69 Å². The van der Waals surface area contributed by atoms with Crippen LogP contribution in [-0.4, -0.2) is 63.4 Å². The van der Waals surface area contributed by atoms with E-state index < -0.39 is 63.7 Å². The number of para-hydroxylation sites is 1. The van der Waals surface area contributed by atoms with Crippen molar-refractivity contribution >= 4 is 18.0 Å². The molecule has 46 heavy (non-hydrogen) atoms. The average Bonchev–Trinajstić information content (AvgIpc) is 3.77. The molecule has 3 aromatic rings. The van der Waals surface area contributed by atoms with E-state index in [1.807, 2.05) is 30.3 Å². The van der Waals surface area contributed by atoms with E-state index in [2.05, 4.69) is 5.10 Å². The van der Waals surface area contributed by atoms with E-state index >= 15 is 8.78 Å². The number of nitrogens with zero attached hydrogens (tertiary/aromatic N) is 3. The highest BCUT2D eigenvalue weighted by Gasteiger charge is 2.78. The number of benzene rings is 1. The Balaban J connectivity index is 1.36. The predicted octanol–water partition coefficient (Wildman–Crippen LogP) is 5.65. The van der Waals surface area contributed by atoms with Crippen molar-refractivity contribution in [2.24, 2.45) is 28.6 Å². The lowest BCUT2D eigenvalue weighted by atomic mass is 9.45. The Hall–Kier alpha value is -4.09. The summed E-state index contributed by atoms with van der Waals surface area (Å²) in [6.45, 7) is 5.15. The van der Waals surface area contributed by atoms with Gasteiger partial charge in [0.1, 0.15) is 5.83 Å². The Labute approximate surface area is 265 Å². The number of carbonyl (C=O) groups excluding carboxylic acids is 2. The molecular weight excluding hydrogens is 596 g/mol. The van der Waals surface area contributed by atoms with E-state index in [1.165, 1.54) is 38.6 Å². The first-order valence-electron chi connectivity index (χ1n) is 15.5. The summed E-state index contributed by atoms with van der Waals surface area (Å²) in [6, 6.07) is 12.4. The van der Waals surface area contributed by atoms with Crippen molar-refractivity contribution in [1.82, 2.24) is 14.8 Å². The molecule has 4 aliphatic carbocycles. The number of aliphatic hydroxyl groups is 1. The molecule has 2 saturated carbocycles. The van der Waals surface area contributed by atoms with Gasteiger partial charge in [-0.2, -0.15) is 5.10 Å². The van der Waals surface area contributed by atoms with Crippen LogP contribution >= 0.6 is 0 Å². The Kier molecular flexibility index (Phi) is 6.78. The molecule has 0 aliphatic heterocycles. The number of ether oxygens (including phenoxy) is 1. The maximum absolute atomic E-state index is 18.3. The fraction of sp³-hybridized carbons (Fsp3) is 0.457. The van der Waals surface area contributed by atoms with Gasteiger partial charge in [0, 0.05) is 29.7 Å². The van der Waals surface area contributed by atoms with Crippen LogP contribution in [0.5, 0.6) is 0 Å². The van der Waals surface area contributed by atoms with Gasteiger partial charge in [-0.1, -0.05) is 39.0 Å². The van der Waals surface area contributed by atoms with Crippen molar-refractivity contribution in [2.45, 2.75) is 57.4 Å². The number of likely N-dealkylation sites (N-methyl/N-ethyl adjacent to an activating group) is 1. The van der Waals surface area contributed by atoms with Crippen molar-refractivity contribution in [3.05, 3.63) is 89.4 Å². The summed E-state index contributed by atoms with van der Waals surface area (Å²) < 4.78 is 47.9. The summed E-state index contributed by atoms with van der Waals surface area (Å²) >= 11 is 0. The first-order chi connectivity index (χ1) is 21.8. The minimum Gasteiger partial charge on any atom is -0.457 e. The number of alkyl halides is 1. The Morgan fingerprint density at radius 3 is 2.59 bits per heavy atom. The maximum atomic E-state index is 18.3. The molecule has 2 heterocycles. The maximum Gasteiger partial charge on any atom is 0.375 e. The summed E-state index contributed by atoms with van der Waals surface area (Å²) in [7, 11) is 2.72. The zero-order valence-corrected chi connectivity index (χ0v) is 26.4. The molecule has 1 N–H and O–H groups in total. The van der Waals surface area contributed by atoms with Crippen LogP contribution in [0.2, 0.25) is 0 Å². The fourth-order valence-electron chi connectivity index (χ4n) is 9.30. The lowest BCUT2D eigenvalue weighted by Gasteiger charge is -2.62. The molecular formula is C35H37F2N3O6. The fourth-order valence-corrected chi connectivity index (χ4v) is 9.30. The molecule has 8 atom stereocenters. The standard InChI is InChI=1S/C35H37F2N3O6/c1-20-14-23-24-15-26(36)25-16-27-21(19-38-40(27)22-10-7-6-8-11-22)17-32(25,2)34(24,37)29(41)18-33(23,3)35(20,31(43)39(4)44-5)46-30(42)28-12-9-13-45-28/h6-13,15-16,19-20,23-24,29,41H,14,17-18H2,1-5H3/t20-,23+,24+,29+,32+,33+,34+,35+/m1/s1. The molecule has 242 valence electrons. The van der Waals surface area contributed by atoms with Crippen LogP contribution < -0.4 is 0 Å². The molecule has 2 aromatic heterocycles. The van der Waals surface area contributed by atoms with E-state index in [4.69, 9.17) is 14.0 Å². The molecule has 1 aromatic carbocycles. The molecule has 0 bridgehead atoms. The Morgan fingerprint density at radius 1 is 1.17 bits per heavy atom. The molecule has 11 heteroatoms. The second-order valence-electron chi connectivity index (χ2n) is 13.6. The number of halogens is 2. The van der Waals surface area contributed by atoms with Crippen LogP contribution in [0.1, 0.15) is 55.4 Å². The van der Waals surface area contributed by atoms with Gasteiger partial charge < -0.3 is 14.3 Å². The molecule has 2 fully saturated rings. The van der Waals surface area contributed by atoms with Crippen LogP contribution in [0.4, 0.5) is 8.78 Å². The van der Waals surface area contributed by atoms with E-state index in [-0.39, 0.29) is 30.6 Å². The Morgan fingerprint density at radius 2 is 1.91 bits per heavy atom. The van der Waals surface area contributed by atoms with Gasteiger partial charge in [0.25, 0.3) is 5.91 Å². The summed E-state index contributed by atoms with van der Waals surface area (Å²) in [5, 5.41) is 17.6. The van der Waals surface area contributed by atoms with Crippen LogP contribution in [0.3, 0.4) is 0 Å². The average molecular weight is 634 g/mol. The number of allylic oxidation sites excluding steroid dienone is 3. The minimum atomic E-state index is -2.32. The quantitative estimate of drug-likeness (QED) is 0.286. The minimum absolute atomic E-state index is 0.106. The lowest BCUT2D eigenvalue weighted by molar-refractivity contribution is -0.230. The molecule has 1 amide bonds. The number of hydrogen-bond donors (Lipinski definition) is 1. The highest BCUT2D eigenvalue weighted by molar-refractivity contribution is 5.93. The first-order valence-corrected chi connectivity index (χ1v) is 15.5. The SMILES string of the molecule is CON(C)C(=O)[C@@]1(OC(=O)c2ccco2)[C@H](C)C[C@H]2[C@@H]3C=C(F)C4=Cc5c(cnn5-c5ccccc5)C[C@]4(C)[C@@]3(F)[C@@H](O)C[C@@]21C. The smallest absolute Gasteiger partial charge is 0.375 e. The van der Waals surface area contributed by atoms with Crippen molar-refractivity contribution in [3.63, 3.8) is 0 Å². The van der Waals surface area contributed by atoms with Crippen LogP contribution in [0, 0.1) is 28.6 Å². The number of hydroxylamine groups is 2. The van der Waals surface area contributed by atoms with Gasteiger partial charge >= 0.3 is 5.97 Å². The zero-order chi connectivity index (χ0) is 32.8. The Bertz CT molecular complexity index is 1770. The van der Waals surface area contributed by atoms with Crippen molar-refractivity contribution in [1.29, 1.82) is 0 Å². The number of aliphatic hydroxyl groups excluding tert-OH is 1. The van der Waals surface area contributed by atoms with Gasteiger partial charge in [-0.05, 0) is 72.7 Å². The number of rotatable bonds is 5. The zero-order valence-electron chi connectivity index (χ0n) is 26.4. The number of carbonyl (C=O) groups is 2. The monoisotopic (exact) mass is 633 g/mol. The summed E-state index contributed by atoms with van der Waals surface area (Å²) in [4.78, 5) is 32.9. The van der Waals surface area contributed by atoms with E-state index in [9.17, 15) is 14.7 Å². The number of hydrogen-bond acceptors (Lipinski definition) is 7. The summed E-state index contributed by atoms with van der Waals surface area (Å²) in [6.07, 6.45) is 4.37. The van der Waals surface area contributed by atoms with Crippen LogP contribution in [-0.2, 0) is 20.8 Å². The number of fused-ring (bicyclic) bond motifs is 6. The third kappa shape index (κ3) is 3.75. The lowest BCUT2D eigenvalue weighted by Crippen LogP contribution is -2.70. The van der Waals surface area contributed by atoms with E-state index in [1.54, 1.807) is 37.7 Å². The summed E-state index contributed by atoms with van der Waals surface area (Å²) in [5.41, 5.74) is -4.63. The normalized spacial score (nSPS) is 36.0. The van der Waals surface area contributed by atoms with Crippen LogP contribution in [0.15, 0.2) is 76.8 Å². The molecule has 0 unspecified atom stereocenters. The predicted molar refractivity (Wildman–Crippen MR) is 163 cm³/mol. The first kappa shape index (κ1) is 30.6. The third-order valence-electron chi connectivity index (χ3n) is 11.6. The molecule has 4 aliphatic rings. The summed E-state index contributed by atoms with van der Waals surface area (Å²) in [5.74, 6) is -4.70. The number of amides is 1. The highest BCUT2D eigenvalue weighted by atomic mass is 19.1. The van der Waals surface area contributed by atoms with Gasteiger partial charge in [-0.3, -0.25) is 9.63 Å². The van der Waals surface area contributed by atoms with Gasteiger partial charge in [0.05, 0.1) is 37.1 Å². The van der Waals surface area contributed by atoms with Crippen molar-refractivity contribution in [3.8, 4) is 5.69 Å². The van der Waals surface area contributed by atoms with Gasteiger partial charge in [-0.15, -0.1) is 0 Å². The molecule has 0 spiro atoms. The van der Waals surface area contributed by atoms with Gasteiger partial charge in [-0.25, -0.2) is 23.3 Å². The van der Waals surface area contributed by atoms with Crippen LogP contribution in [0.25, 0.3) is 11.8 Å². The molecule has 9 nitrogen and oxygen atoms in total. The number of aromatic nitrogens is 2. The third-order valence-corrected chi connectivity index (χ3v) is 11.6.